The normalized spacial score (nSPS) is 14.4. The summed E-state index contributed by atoms with van der Waals surface area (Å²) in [6.07, 6.45) is -4.45. The minimum Gasteiger partial charge on any atom is -0.459 e. The first-order chi connectivity index (χ1) is 16.6. The van der Waals surface area contributed by atoms with Crippen molar-refractivity contribution in [2.24, 2.45) is 0 Å². The smallest absolute Gasteiger partial charge is 0.416 e. The summed E-state index contributed by atoms with van der Waals surface area (Å²) >= 11 is 0. The van der Waals surface area contributed by atoms with Crippen molar-refractivity contribution >= 4 is 23.2 Å². The molecule has 35 heavy (non-hydrogen) atoms. The van der Waals surface area contributed by atoms with Crippen LogP contribution < -0.4 is 4.90 Å². The Morgan fingerprint density at radius 2 is 1.89 bits per heavy atom. The van der Waals surface area contributed by atoms with E-state index in [-0.39, 0.29) is 30.0 Å². The number of aromatic nitrogens is 3. The number of ether oxygens (including phenoxy) is 2. The number of halogens is 3. The van der Waals surface area contributed by atoms with Gasteiger partial charge in [-0.25, -0.2) is 9.50 Å². The van der Waals surface area contributed by atoms with Gasteiger partial charge in [-0.1, -0.05) is 12.1 Å². The average molecular weight is 490 g/mol. The molecule has 1 fully saturated rings. The maximum absolute atomic E-state index is 13.5. The topological polar surface area (TPSA) is 86.0 Å². The summed E-state index contributed by atoms with van der Waals surface area (Å²) in [5.74, 6) is -0.237. The van der Waals surface area contributed by atoms with Crippen LogP contribution in [0.2, 0.25) is 0 Å². The van der Waals surface area contributed by atoms with Crippen LogP contribution in [0.15, 0.2) is 24.3 Å². The average Bonchev–Trinajstić information content (AvgIpc) is 3.15. The lowest BCUT2D eigenvalue weighted by Gasteiger charge is -2.28. The molecular weight excluding hydrogens is 465 g/mol. The number of fused-ring (bicyclic) bond motifs is 1. The van der Waals surface area contributed by atoms with Crippen molar-refractivity contribution < 1.29 is 32.2 Å². The number of carbonyl (C=O) groups is 2. The second kappa shape index (κ2) is 9.65. The second-order valence-corrected chi connectivity index (χ2v) is 8.36. The molecule has 0 unspecified atom stereocenters. The fraction of sp³-hybridized carbons (Fsp3) is 0.417. The standard InChI is InChI=1S/C24H25F3N4O4/c1-14-17(5-4-6-19(14)24(25,26)27)11-21-20(13-35-16(3)33)28-23-18(15(2)32)12-22(29-31(21)23)30-7-9-34-10-8-30/h4-6,12H,7-11,13H2,1-3H3. The van der Waals surface area contributed by atoms with Gasteiger partial charge in [0.1, 0.15) is 12.3 Å². The predicted molar refractivity (Wildman–Crippen MR) is 120 cm³/mol. The highest BCUT2D eigenvalue weighted by Gasteiger charge is 2.33. The number of hydrogen-bond donors (Lipinski definition) is 0. The molecule has 4 rings (SSSR count). The van der Waals surface area contributed by atoms with Gasteiger partial charge in [-0.05, 0) is 37.1 Å². The van der Waals surface area contributed by atoms with Crippen LogP contribution in [0, 0.1) is 6.92 Å². The van der Waals surface area contributed by atoms with Crippen LogP contribution in [-0.4, -0.2) is 52.7 Å². The van der Waals surface area contributed by atoms with Gasteiger partial charge in [-0.15, -0.1) is 5.10 Å². The summed E-state index contributed by atoms with van der Waals surface area (Å²) in [5.41, 5.74) is 1.14. The first-order valence-corrected chi connectivity index (χ1v) is 11.1. The van der Waals surface area contributed by atoms with Gasteiger partial charge in [-0.3, -0.25) is 9.59 Å². The van der Waals surface area contributed by atoms with E-state index in [2.05, 4.69) is 4.98 Å². The molecule has 1 aliphatic rings. The molecule has 3 heterocycles. The first-order valence-electron chi connectivity index (χ1n) is 11.1. The zero-order valence-electron chi connectivity index (χ0n) is 19.6. The number of Topliss-reactive ketones (excluding diaryl/α,β-unsaturated/α-hetero) is 1. The number of hydrogen-bond acceptors (Lipinski definition) is 7. The van der Waals surface area contributed by atoms with E-state index in [1.54, 1.807) is 12.1 Å². The van der Waals surface area contributed by atoms with Crippen molar-refractivity contribution in [2.75, 3.05) is 31.2 Å². The molecule has 0 radical (unpaired) electrons. The number of rotatable bonds is 6. The van der Waals surface area contributed by atoms with E-state index in [1.807, 2.05) is 4.90 Å². The van der Waals surface area contributed by atoms with Gasteiger partial charge in [0, 0.05) is 26.4 Å². The molecule has 2 aromatic heterocycles. The summed E-state index contributed by atoms with van der Waals surface area (Å²) in [4.78, 5) is 30.5. The highest BCUT2D eigenvalue weighted by molar-refractivity contribution is 6.00. The monoisotopic (exact) mass is 490 g/mol. The lowest BCUT2D eigenvalue weighted by molar-refractivity contribution is -0.142. The number of ketones is 1. The predicted octanol–water partition coefficient (Wildman–Crippen LogP) is 3.75. The molecule has 0 bridgehead atoms. The molecule has 0 aliphatic carbocycles. The van der Waals surface area contributed by atoms with Gasteiger partial charge in [0.05, 0.1) is 30.0 Å². The first kappa shape index (κ1) is 24.6. The maximum Gasteiger partial charge on any atom is 0.416 e. The Morgan fingerprint density at radius 3 is 2.51 bits per heavy atom. The molecule has 186 valence electrons. The van der Waals surface area contributed by atoms with Gasteiger partial charge in [0.15, 0.2) is 17.2 Å². The van der Waals surface area contributed by atoms with Crippen LogP contribution in [0.25, 0.3) is 5.65 Å². The fourth-order valence-corrected chi connectivity index (χ4v) is 4.13. The van der Waals surface area contributed by atoms with Crippen molar-refractivity contribution in [3.05, 3.63) is 57.9 Å². The van der Waals surface area contributed by atoms with E-state index in [0.29, 0.717) is 54.6 Å². The molecule has 0 spiro atoms. The van der Waals surface area contributed by atoms with Gasteiger partial charge in [0.25, 0.3) is 0 Å². The number of benzene rings is 1. The molecule has 0 N–H and O–H groups in total. The Hall–Kier alpha value is -3.47. The summed E-state index contributed by atoms with van der Waals surface area (Å²) in [7, 11) is 0. The van der Waals surface area contributed by atoms with Crippen molar-refractivity contribution in [2.45, 2.75) is 40.0 Å². The Balaban J connectivity index is 1.89. The summed E-state index contributed by atoms with van der Waals surface area (Å²) < 4.78 is 52.6. The summed E-state index contributed by atoms with van der Waals surface area (Å²) in [6.45, 7) is 6.05. The SMILES string of the molecule is CC(=O)OCc1nc2c(C(C)=O)cc(N3CCOCC3)nn2c1Cc1cccc(C(F)(F)F)c1C. The molecule has 0 saturated carbocycles. The molecule has 1 aliphatic heterocycles. The molecule has 1 aromatic carbocycles. The van der Waals surface area contributed by atoms with Crippen LogP contribution in [-0.2, 0) is 33.5 Å². The van der Waals surface area contributed by atoms with Crippen molar-refractivity contribution in [3.8, 4) is 0 Å². The van der Waals surface area contributed by atoms with Gasteiger partial charge < -0.3 is 14.4 Å². The Labute approximate surface area is 199 Å². The number of imidazole rings is 1. The van der Waals surface area contributed by atoms with Crippen LogP contribution in [0.3, 0.4) is 0 Å². The lowest BCUT2D eigenvalue weighted by atomic mass is 9.98. The van der Waals surface area contributed by atoms with E-state index in [0.717, 1.165) is 6.07 Å². The van der Waals surface area contributed by atoms with E-state index in [1.165, 1.54) is 31.4 Å². The molecule has 0 amide bonds. The maximum atomic E-state index is 13.5. The minimum atomic E-state index is -4.50. The number of anilines is 1. The van der Waals surface area contributed by atoms with E-state index < -0.39 is 17.7 Å². The molecule has 11 heteroatoms. The van der Waals surface area contributed by atoms with E-state index in [4.69, 9.17) is 14.6 Å². The molecule has 8 nitrogen and oxygen atoms in total. The van der Waals surface area contributed by atoms with Crippen LogP contribution in [0.5, 0.6) is 0 Å². The number of alkyl halides is 3. The number of morpholine rings is 1. The Morgan fingerprint density at radius 1 is 1.17 bits per heavy atom. The van der Waals surface area contributed by atoms with Crippen LogP contribution in [0.4, 0.5) is 19.0 Å². The lowest BCUT2D eigenvalue weighted by Crippen LogP contribution is -2.37. The number of esters is 1. The Bertz CT molecular complexity index is 1280. The third-order valence-corrected chi connectivity index (χ3v) is 5.98. The zero-order valence-corrected chi connectivity index (χ0v) is 19.6. The third-order valence-electron chi connectivity index (χ3n) is 5.98. The van der Waals surface area contributed by atoms with Crippen molar-refractivity contribution in [1.29, 1.82) is 0 Å². The van der Waals surface area contributed by atoms with E-state index >= 15 is 0 Å². The highest BCUT2D eigenvalue weighted by Crippen LogP contribution is 2.34. The second-order valence-electron chi connectivity index (χ2n) is 8.36. The zero-order chi connectivity index (χ0) is 25.3. The largest absolute Gasteiger partial charge is 0.459 e. The quantitative estimate of drug-likeness (QED) is 0.384. The third kappa shape index (κ3) is 5.14. The van der Waals surface area contributed by atoms with Crippen LogP contribution in [0.1, 0.15) is 52.3 Å². The van der Waals surface area contributed by atoms with Gasteiger partial charge in [-0.2, -0.15) is 13.2 Å². The number of nitrogens with zero attached hydrogens (tertiary/aromatic N) is 4. The van der Waals surface area contributed by atoms with Gasteiger partial charge >= 0.3 is 12.1 Å². The van der Waals surface area contributed by atoms with Crippen LogP contribution >= 0.6 is 0 Å². The molecule has 3 aromatic rings. The number of carbonyl (C=O) groups excluding carboxylic acids is 2. The molecular formula is C24H25F3N4O4. The van der Waals surface area contributed by atoms with Crippen molar-refractivity contribution in [1.82, 2.24) is 14.6 Å². The Kier molecular flexibility index (Phi) is 6.79. The summed E-state index contributed by atoms with van der Waals surface area (Å²) in [6, 6.07) is 5.66. The van der Waals surface area contributed by atoms with Crippen molar-refractivity contribution in [3.63, 3.8) is 0 Å². The highest BCUT2D eigenvalue weighted by atomic mass is 19.4. The fourth-order valence-electron chi connectivity index (χ4n) is 4.13. The van der Waals surface area contributed by atoms with Gasteiger partial charge in [0.2, 0.25) is 0 Å². The van der Waals surface area contributed by atoms with E-state index in [9.17, 15) is 22.8 Å². The molecule has 1 saturated heterocycles. The summed E-state index contributed by atoms with van der Waals surface area (Å²) in [5, 5.41) is 4.70. The minimum absolute atomic E-state index is 0.0461. The molecule has 0 atom stereocenters.